The molecule has 0 bridgehead atoms. The minimum atomic E-state index is -0.0592. The molecule has 1 aromatic carbocycles. The Kier molecular flexibility index (Phi) is 3.28. The van der Waals surface area contributed by atoms with E-state index in [1.54, 1.807) is 24.4 Å². The average molecular weight is 242 g/mol. The van der Waals surface area contributed by atoms with Gasteiger partial charge in [-0.3, -0.25) is 9.78 Å². The molecule has 0 atom stereocenters. The van der Waals surface area contributed by atoms with E-state index in [0.29, 0.717) is 22.7 Å². The van der Waals surface area contributed by atoms with Crippen LogP contribution in [0.2, 0.25) is 0 Å². The predicted octanol–water partition coefficient (Wildman–Crippen LogP) is 2.97. The van der Waals surface area contributed by atoms with Gasteiger partial charge in [-0.15, -0.1) is 0 Å². The number of anilines is 1. The third kappa shape index (κ3) is 2.66. The van der Waals surface area contributed by atoms with Crippen molar-refractivity contribution in [1.29, 1.82) is 0 Å². The van der Waals surface area contributed by atoms with E-state index in [4.69, 9.17) is 10.5 Å². The van der Waals surface area contributed by atoms with Gasteiger partial charge in [0.15, 0.2) is 5.78 Å². The summed E-state index contributed by atoms with van der Waals surface area (Å²) in [5.74, 6) is 1.16. The Morgan fingerprint density at radius 2 is 1.94 bits per heavy atom. The fraction of sp³-hybridized carbons (Fsp3) is 0.143. The first-order chi connectivity index (χ1) is 8.56. The number of rotatable bonds is 3. The molecule has 0 aliphatic carbocycles. The number of ketones is 1. The first kappa shape index (κ1) is 12.1. The van der Waals surface area contributed by atoms with E-state index in [1.807, 2.05) is 19.1 Å². The molecule has 0 radical (unpaired) electrons. The van der Waals surface area contributed by atoms with Gasteiger partial charge in [-0.2, -0.15) is 0 Å². The smallest absolute Gasteiger partial charge is 0.161 e. The summed E-state index contributed by atoms with van der Waals surface area (Å²) >= 11 is 0. The zero-order valence-electron chi connectivity index (χ0n) is 10.3. The highest BCUT2D eigenvalue weighted by Gasteiger charge is 2.06. The van der Waals surface area contributed by atoms with Crippen LogP contribution in [0.3, 0.4) is 0 Å². The Morgan fingerprint density at radius 3 is 2.50 bits per heavy atom. The average Bonchev–Trinajstić information content (AvgIpc) is 2.32. The topological polar surface area (TPSA) is 65.2 Å². The molecule has 18 heavy (non-hydrogen) atoms. The molecule has 0 fully saturated rings. The number of nitrogens with zero attached hydrogens (tertiary/aromatic N) is 1. The maximum atomic E-state index is 11.2. The zero-order valence-corrected chi connectivity index (χ0v) is 10.3. The largest absolute Gasteiger partial charge is 0.456 e. The molecule has 4 nitrogen and oxygen atoms in total. The monoisotopic (exact) mass is 242 g/mol. The van der Waals surface area contributed by atoms with Crippen LogP contribution in [0, 0.1) is 6.92 Å². The van der Waals surface area contributed by atoms with Gasteiger partial charge < -0.3 is 10.5 Å². The summed E-state index contributed by atoms with van der Waals surface area (Å²) < 4.78 is 5.60. The van der Waals surface area contributed by atoms with Crippen LogP contribution in [0.4, 0.5) is 5.69 Å². The van der Waals surface area contributed by atoms with Crippen LogP contribution in [0.25, 0.3) is 0 Å². The highest BCUT2D eigenvalue weighted by atomic mass is 16.5. The number of pyridine rings is 1. The van der Waals surface area contributed by atoms with E-state index in [9.17, 15) is 4.79 Å². The van der Waals surface area contributed by atoms with Crippen molar-refractivity contribution in [3.8, 4) is 11.5 Å². The molecule has 0 amide bonds. The molecular weight excluding hydrogens is 228 g/mol. The molecule has 0 unspecified atom stereocenters. The molecule has 2 aromatic rings. The molecule has 0 spiro atoms. The van der Waals surface area contributed by atoms with E-state index in [2.05, 4.69) is 4.98 Å². The second-order valence-electron chi connectivity index (χ2n) is 4.04. The van der Waals surface area contributed by atoms with Gasteiger partial charge >= 0.3 is 0 Å². The third-order valence-electron chi connectivity index (χ3n) is 2.52. The van der Waals surface area contributed by atoms with Crippen LogP contribution in [0.1, 0.15) is 23.0 Å². The highest BCUT2D eigenvalue weighted by molar-refractivity contribution is 5.99. The molecule has 4 heteroatoms. The van der Waals surface area contributed by atoms with Crippen LogP contribution in [0.15, 0.2) is 36.5 Å². The van der Waals surface area contributed by atoms with Gasteiger partial charge in [-0.25, -0.2) is 0 Å². The molecule has 1 heterocycles. The number of aromatic nitrogens is 1. The Balaban J connectivity index is 2.22. The van der Waals surface area contributed by atoms with Crippen LogP contribution < -0.4 is 10.5 Å². The molecular formula is C14H14N2O2. The van der Waals surface area contributed by atoms with Crippen LogP contribution in [-0.2, 0) is 0 Å². The van der Waals surface area contributed by atoms with E-state index >= 15 is 0 Å². The molecule has 0 saturated carbocycles. The molecule has 2 N–H and O–H groups in total. The van der Waals surface area contributed by atoms with Crippen molar-refractivity contribution in [2.24, 2.45) is 0 Å². The van der Waals surface area contributed by atoms with Gasteiger partial charge in [-0.05, 0) is 38.1 Å². The van der Waals surface area contributed by atoms with Crippen molar-refractivity contribution >= 4 is 11.5 Å². The number of hydrogen-bond donors (Lipinski definition) is 1. The van der Waals surface area contributed by atoms with Gasteiger partial charge in [-0.1, -0.05) is 0 Å². The lowest BCUT2D eigenvalue weighted by molar-refractivity contribution is 0.101. The van der Waals surface area contributed by atoms with Crippen molar-refractivity contribution in [1.82, 2.24) is 4.98 Å². The summed E-state index contributed by atoms with van der Waals surface area (Å²) in [6, 6.07) is 8.71. The quantitative estimate of drug-likeness (QED) is 0.663. The number of ether oxygens (including phenoxy) is 1. The van der Waals surface area contributed by atoms with Crippen molar-refractivity contribution in [2.75, 3.05) is 5.73 Å². The minimum absolute atomic E-state index is 0.0592. The molecule has 92 valence electrons. The maximum absolute atomic E-state index is 11.2. The standard InChI is InChI=1S/C14H14N2O2/c1-9-3-4-12(8-16-9)18-11-5-6-13(10(2)17)14(15)7-11/h3-8H,15H2,1-2H3. The third-order valence-corrected chi connectivity index (χ3v) is 2.52. The normalized spacial score (nSPS) is 10.1. The molecule has 0 aliphatic rings. The molecule has 1 aromatic heterocycles. The number of nitrogen functional groups attached to an aromatic ring is 1. The highest BCUT2D eigenvalue weighted by Crippen LogP contribution is 2.25. The summed E-state index contributed by atoms with van der Waals surface area (Å²) in [5, 5.41) is 0. The van der Waals surface area contributed by atoms with Crippen LogP contribution >= 0.6 is 0 Å². The van der Waals surface area contributed by atoms with Crippen molar-refractivity contribution < 1.29 is 9.53 Å². The lowest BCUT2D eigenvalue weighted by atomic mass is 10.1. The van der Waals surface area contributed by atoms with Gasteiger partial charge in [0.1, 0.15) is 11.5 Å². The number of benzene rings is 1. The summed E-state index contributed by atoms with van der Waals surface area (Å²) in [7, 11) is 0. The Labute approximate surface area is 105 Å². The van der Waals surface area contributed by atoms with Crippen LogP contribution in [-0.4, -0.2) is 10.8 Å². The fourth-order valence-corrected chi connectivity index (χ4v) is 1.58. The number of aryl methyl sites for hydroxylation is 1. The molecule has 2 rings (SSSR count). The maximum Gasteiger partial charge on any atom is 0.161 e. The second-order valence-corrected chi connectivity index (χ2v) is 4.04. The summed E-state index contributed by atoms with van der Waals surface area (Å²) in [6.07, 6.45) is 1.64. The predicted molar refractivity (Wildman–Crippen MR) is 69.9 cm³/mol. The first-order valence-corrected chi connectivity index (χ1v) is 5.57. The van der Waals surface area contributed by atoms with E-state index in [-0.39, 0.29) is 5.78 Å². The van der Waals surface area contributed by atoms with Crippen LogP contribution in [0.5, 0.6) is 11.5 Å². The number of nitrogens with two attached hydrogens (primary N) is 1. The molecule has 0 saturated heterocycles. The molecule has 0 aliphatic heterocycles. The Bertz CT molecular complexity index is 577. The minimum Gasteiger partial charge on any atom is -0.456 e. The Hall–Kier alpha value is -2.36. The van der Waals surface area contributed by atoms with E-state index in [0.717, 1.165) is 5.69 Å². The summed E-state index contributed by atoms with van der Waals surface area (Å²) in [5.41, 5.74) is 7.63. The van der Waals surface area contributed by atoms with Crippen molar-refractivity contribution in [3.05, 3.63) is 47.8 Å². The first-order valence-electron chi connectivity index (χ1n) is 5.57. The lowest BCUT2D eigenvalue weighted by Crippen LogP contribution is -1.99. The number of hydrogen-bond acceptors (Lipinski definition) is 4. The van der Waals surface area contributed by atoms with E-state index < -0.39 is 0 Å². The van der Waals surface area contributed by atoms with Gasteiger partial charge in [0.2, 0.25) is 0 Å². The van der Waals surface area contributed by atoms with Crippen molar-refractivity contribution in [3.63, 3.8) is 0 Å². The zero-order chi connectivity index (χ0) is 13.1. The summed E-state index contributed by atoms with van der Waals surface area (Å²) in [6.45, 7) is 3.39. The van der Waals surface area contributed by atoms with Gasteiger partial charge in [0.25, 0.3) is 0 Å². The lowest BCUT2D eigenvalue weighted by Gasteiger charge is -2.08. The van der Waals surface area contributed by atoms with Gasteiger partial charge in [0.05, 0.1) is 6.20 Å². The number of carbonyl (C=O) groups excluding carboxylic acids is 1. The van der Waals surface area contributed by atoms with E-state index in [1.165, 1.54) is 6.92 Å². The Morgan fingerprint density at radius 1 is 1.22 bits per heavy atom. The second kappa shape index (κ2) is 4.87. The van der Waals surface area contributed by atoms with Crippen molar-refractivity contribution in [2.45, 2.75) is 13.8 Å². The SMILES string of the molecule is CC(=O)c1ccc(Oc2ccc(C)nc2)cc1N. The van der Waals surface area contributed by atoms with Gasteiger partial charge in [0, 0.05) is 23.0 Å². The number of Topliss-reactive ketones (excluding diaryl/α,β-unsaturated/α-hetero) is 1. The number of carbonyl (C=O) groups is 1. The fourth-order valence-electron chi connectivity index (χ4n) is 1.58. The summed E-state index contributed by atoms with van der Waals surface area (Å²) in [4.78, 5) is 15.4.